The normalized spacial score (nSPS) is 13.1. The lowest BCUT2D eigenvalue weighted by Gasteiger charge is -2.13. The largest absolute Gasteiger partial charge is 0.495 e. The number of benzene rings is 1. The summed E-state index contributed by atoms with van der Waals surface area (Å²) in [5.41, 5.74) is 6.29. The van der Waals surface area contributed by atoms with E-state index in [1.165, 1.54) is 7.11 Å². The molecule has 3 rings (SSSR count). The predicted molar refractivity (Wildman–Crippen MR) is 95.0 cm³/mol. The zero-order chi connectivity index (χ0) is 18.5. The summed E-state index contributed by atoms with van der Waals surface area (Å²) < 4.78 is 5.24. The van der Waals surface area contributed by atoms with E-state index in [2.05, 4.69) is 31.1 Å². The molecule has 26 heavy (non-hydrogen) atoms. The number of methoxy groups -OCH3 is 1. The third-order valence-corrected chi connectivity index (χ3v) is 3.82. The molecule has 0 radical (unpaired) electrons. The van der Waals surface area contributed by atoms with E-state index in [1.807, 2.05) is 0 Å². The van der Waals surface area contributed by atoms with Gasteiger partial charge in [-0.25, -0.2) is 4.79 Å². The molecule has 1 aromatic carbocycles. The first-order chi connectivity index (χ1) is 12.5. The van der Waals surface area contributed by atoms with Crippen LogP contribution in [0, 0.1) is 0 Å². The average Bonchev–Trinajstić information content (AvgIpc) is 3.34. The Hall–Kier alpha value is -3.30. The van der Waals surface area contributed by atoms with E-state index in [0.717, 1.165) is 12.8 Å². The summed E-state index contributed by atoms with van der Waals surface area (Å²) in [4.78, 5) is 28.2. The molecule has 2 aromatic rings. The average molecular weight is 359 g/mol. The number of H-pyrrole nitrogens is 1. The molecule has 138 valence electrons. The van der Waals surface area contributed by atoms with Gasteiger partial charge in [-0.1, -0.05) is 0 Å². The Morgan fingerprint density at radius 3 is 2.85 bits per heavy atom. The van der Waals surface area contributed by atoms with E-state index in [1.54, 1.807) is 18.2 Å². The molecule has 0 aliphatic heterocycles. The highest BCUT2D eigenvalue weighted by Gasteiger charge is 2.24. The van der Waals surface area contributed by atoms with E-state index < -0.39 is 6.03 Å². The maximum absolute atomic E-state index is 12.2. The Balaban J connectivity index is 1.57. The van der Waals surface area contributed by atoms with Gasteiger partial charge in [-0.3, -0.25) is 9.89 Å². The van der Waals surface area contributed by atoms with E-state index >= 15 is 0 Å². The third-order valence-electron chi connectivity index (χ3n) is 3.82. The number of ether oxygens (including phenoxy) is 1. The molecule has 6 N–H and O–H groups in total. The molecule has 0 spiro atoms. The van der Waals surface area contributed by atoms with Crippen molar-refractivity contribution in [2.24, 2.45) is 0 Å². The van der Waals surface area contributed by atoms with Crippen molar-refractivity contribution in [1.82, 2.24) is 25.8 Å². The van der Waals surface area contributed by atoms with Gasteiger partial charge in [0.05, 0.1) is 12.8 Å². The van der Waals surface area contributed by atoms with Gasteiger partial charge in [0.1, 0.15) is 11.6 Å². The number of anilines is 2. The summed E-state index contributed by atoms with van der Waals surface area (Å²) in [6, 6.07) is 4.74. The fourth-order valence-corrected chi connectivity index (χ4v) is 2.33. The molecule has 0 saturated heterocycles. The lowest BCUT2D eigenvalue weighted by molar-refractivity contribution is 0.0951. The summed E-state index contributed by atoms with van der Waals surface area (Å²) in [5.74, 6) is 1.04. The second kappa shape index (κ2) is 7.72. The van der Waals surface area contributed by atoms with E-state index in [-0.39, 0.29) is 17.9 Å². The maximum atomic E-state index is 12.2. The zero-order valence-corrected chi connectivity index (χ0v) is 14.3. The number of nitrogen functional groups attached to an aromatic ring is 1. The van der Waals surface area contributed by atoms with Gasteiger partial charge >= 0.3 is 6.03 Å². The topological polar surface area (TPSA) is 147 Å². The number of amides is 3. The van der Waals surface area contributed by atoms with E-state index in [9.17, 15) is 9.59 Å². The van der Waals surface area contributed by atoms with Crippen molar-refractivity contribution in [2.75, 3.05) is 24.7 Å². The van der Waals surface area contributed by atoms with E-state index in [4.69, 9.17) is 10.5 Å². The Morgan fingerprint density at radius 2 is 2.19 bits per heavy atom. The molecule has 1 aliphatic carbocycles. The number of hydrogen-bond donors (Lipinski definition) is 5. The predicted octanol–water partition coefficient (Wildman–Crippen LogP) is 0.652. The SMILES string of the molecule is COc1ccc(C(=O)NC2CC2)cc1NC(=O)NCCc1nc(N)n[nH]1. The van der Waals surface area contributed by atoms with E-state index in [0.29, 0.717) is 35.8 Å². The summed E-state index contributed by atoms with van der Waals surface area (Å²) in [5, 5.41) is 14.7. The first-order valence-electron chi connectivity index (χ1n) is 8.25. The Kier molecular flexibility index (Phi) is 5.20. The van der Waals surface area contributed by atoms with Crippen LogP contribution in [0.1, 0.15) is 29.0 Å². The van der Waals surface area contributed by atoms with Gasteiger partial charge in [0, 0.05) is 24.6 Å². The number of nitrogens with zero attached hydrogens (tertiary/aromatic N) is 2. The van der Waals surface area contributed by atoms with Crippen molar-refractivity contribution in [3.05, 3.63) is 29.6 Å². The van der Waals surface area contributed by atoms with Crippen LogP contribution in [-0.4, -0.2) is 46.8 Å². The zero-order valence-electron chi connectivity index (χ0n) is 14.3. The van der Waals surface area contributed by atoms with Crippen LogP contribution in [0.5, 0.6) is 5.75 Å². The summed E-state index contributed by atoms with van der Waals surface area (Å²) in [7, 11) is 1.50. The van der Waals surface area contributed by atoms with Crippen LogP contribution < -0.4 is 26.4 Å². The molecular weight excluding hydrogens is 338 g/mol. The number of nitrogens with one attached hydrogen (secondary N) is 4. The van der Waals surface area contributed by atoms with Gasteiger partial charge < -0.3 is 26.4 Å². The number of urea groups is 1. The van der Waals surface area contributed by atoms with Gasteiger partial charge in [-0.2, -0.15) is 4.98 Å². The Labute approximate surface area is 149 Å². The molecule has 1 saturated carbocycles. The van der Waals surface area contributed by atoms with Crippen molar-refractivity contribution in [1.29, 1.82) is 0 Å². The van der Waals surface area contributed by atoms with Gasteiger partial charge in [0.15, 0.2) is 0 Å². The molecule has 1 aliphatic rings. The highest BCUT2D eigenvalue weighted by atomic mass is 16.5. The fourth-order valence-electron chi connectivity index (χ4n) is 2.33. The third kappa shape index (κ3) is 4.62. The molecule has 0 bridgehead atoms. The Bertz CT molecular complexity index is 801. The smallest absolute Gasteiger partial charge is 0.319 e. The standard InChI is InChI=1S/C16H21N7O3/c1-26-12-5-2-9(14(24)19-10-3-4-10)8-11(12)20-16(25)18-7-6-13-21-15(17)23-22-13/h2,5,8,10H,3-4,6-7H2,1H3,(H,19,24)(H2,18,20,25)(H3,17,21,22,23). The van der Waals surface area contributed by atoms with Crippen LogP contribution in [0.4, 0.5) is 16.4 Å². The number of hydrogen-bond acceptors (Lipinski definition) is 6. The lowest BCUT2D eigenvalue weighted by Crippen LogP contribution is -2.31. The van der Waals surface area contributed by atoms with Crippen LogP contribution in [0.15, 0.2) is 18.2 Å². The van der Waals surface area contributed by atoms with Crippen LogP contribution in [0.25, 0.3) is 0 Å². The van der Waals surface area contributed by atoms with Gasteiger partial charge in [-0.15, -0.1) is 5.10 Å². The maximum Gasteiger partial charge on any atom is 0.319 e. The fraction of sp³-hybridized carbons (Fsp3) is 0.375. The van der Waals surface area contributed by atoms with Crippen LogP contribution >= 0.6 is 0 Å². The number of aromatic amines is 1. The van der Waals surface area contributed by atoms with Crippen LogP contribution in [0.2, 0.25) is 0 Å². The van der Waals surface area contributed by atoms with Gasteiger partial charge in [-0.05, 0) is 31.0 Å². The summed E-state index contributed by atoms with van der Waals surface area (Å²) in [6.07, 6.45) is 2.47. The molecule has 0 unspecified atom stereocenters. The molecular formula is C16H21N7O3. The minimum atomic E-state index is -0.421. The van der Waals surface area contributed by atoms with Crippen molar-refractivity contribution in [3.8, 4) is 5.75 Å². The minimum absolute atomic E-state index is 0.162. The second-order valence-corrected chi connectivity index (χ2v) is 5.93. The molecule has 10 nitrogen and oxygen atoms in total. The summed E-state index contributed by atoms with van der Waals surface area (Å²) >= 11 is 0. The van der Waals surface area contributed by atoms with Crippen molar-refractivity contribution < 1.29 is 14.3 Å². The Morgan fingerprint density at radius 1 is 1.38 bits per heavy atom. The molecule has 1 heterocycles. The number of carbonyl (C=O) groups is 2. The lowest BCUT2D eigenvalue weighted by atomic mass is 10.1. The molecule has 3 amide bonds. The highest BCUT2D eigenvalue weighted by Crippen LogP contribution is 2.26. The molecule has 0 atom stereocenters. The number of aromatic nitrogens is 3. The first-order valence-corrected chi connectivity index (χ1v) is 8.25. The first kappa shape index (κ1) is 17.5. The number of nitrogens with two attached hydrogens (primary N) is 1. The minimum Gasteiger partial charge on any atom is -0.495 e. The summed E-state index contributed by atoms with van der Waals surface area (Å²) in [6.45, 7) is 0.338. The van der Waals surface area contributed by atoms with Crippen LogP contribution in [0.3, 0.4) is 0 Å². The molecule has 10 heteroatoms. The van der Waals surface area contributed by atoms with Crippen molar-refractivity contribution in [2.45, 2.75) is 25.3 Å². The molecule has 1 fully saturated rings. The second-order valence-electron chi connectivity index (χ2n) is 5.93. The molecule has 1 aromatic heterocycles. The van der Waals surface area contributed by atoms with Crippen molar-refractivity contribution in [3.63, 3.8) is 0 Å². The van der Waals surface area contributed by atoms with Crippen molar-refractivity contribution >= 4 is 23.6 Å². The number of rotatable bonds is 7. The highest BCUT2D eigenvalue weighted by molar-refractivity contribution is 5.98. The monoisotopic (exact) mass is 359 g/mol. The van der Waals surface area contributed by atoms with Gasteiger partial charge in [0.2, 0.25) is 5.95 Å². The quantitative estimate of drug-likeness (QED) is 0.490. The van der Waals surface area contributed by atoms with Gasteiger partial charge in [0.25, 0.3) is 5.91 Å². The number of carbonyl (C=O) groups excluding carboxylic acids is 2. The van der Waals surface area contributed by atoms with Crippen LogP contribution in [-0.2, 0) is 6.42 Å².